The smallest absolute Gasteiger partial charge is 0.488 e. The Balaban J connectivity index is 0.000000421. The van der Waals surface area contributed by atoms with Crippen LogP contribution in [0.2, 0.25) is 0 Å². The number of nitrogens with zero attached hydrogens (tertiary/aromatic N) is 2. The lowest BCUT2D eigenvalue weighted by molar-refractivity contribution is -0.193. The van der Waals surface area contributed by atoms with Crippen molar-refractivity contribution in [1.29, 1.82) is 0 Å². The van der Waals surface area contributed by atoms with Crippen LogP contribution in [0.4, 0.5) is 36.6 Å². The fourth-order valence-electron chi connectivity index (χ4n) is 2.88. The molecule has 2 aromatic heterocycles. The Kier molecular flexibility index (Phi) is 13.1. The number of aromatic nitrogens is 2. The number of nitrogens with two attached hydrogens (primary N) is 2. The maximum absolute atomic E-state index is 12.2. The molecule has 19 heteroatoms. The molecular formula is C26H22F6N4O7S2. The molecule has 0 radical (unpaired) electrons. The van der Waals surface area contributed by atoms with Crippen molar-refractivity contribution < 1.29 is 60.4 Å². The van der Waals surface area contributed by atoms with E-state index in [1.54, 1.807) is 12.1 Å². The third kappa shape index (κ3) is 12.7. The van der Waals surface area contributed by atoms with Crippen LogP contribution in [0.5, 0.6) is 5.75 Å². The molecule has 45 heavy (non-hydrogen) atoms. The van der Waals surface area contributed by atoms with Gasteiger partial charge in [0.1, 0.15) is 12.4 Å². The van der Waals surface area contributed by atoms with Crippen molar-refractivity contribution in [3.63, 3.8) is 0 Å². The van der Waals surface area contributed by atoms with Crippen molar-refractivity contribution in [2.24, 2.45) is 0 Å². The second-order valence-electron chi connectivity index (χ2n) is 8.22. The summed E-state index contributed by atoms with van der Waals surface area (Å²) in [6.45, 7) is 0.613. The number of alkyl halides is 6. The number of carboxylic acids is 2. The number of carboxylic acid groups (broad SMARTS) is 2. The van der Waals surface area contributed by atoms with Gasteiger partial charge in [0, 0.05) is 22.7 Å². The average Bonchev–Trinajstić information content (AvgIpc) is 3.59. The fourth-order valence-corrected chi connectivity index (χ4v) is 4.04. The Morgan fingerprint density at radius 3 is 1.82 bits per heavy atom. The monoisotopic (exact) mass is 680 g/mol. The molecule has 2 aromatic carbocycles. The van der Waals surface area contributed by atoms with Crippen LogP contribution in [0.25, 0.3) is 11.3 Å². The van der Waals surface area contributed by atoms with Crippen LogP contribution in [0.1, 0.15) is 21.6 Å². The number of rotatable bonds is 8. The zero-order chi connectivity index (χ0) is 33.8. The summed E-state index contributed by atoms with van der Waals surface area (Å²) in [5, 5.41) is 19.0. The van der Waals surface area contributed by atoms with Crippen molar-refractivity contribution in [2.75, 3.05) is 18.1 Å². The Morgan fingerprint density at radius 1 is 0.800 bits per heavy atom. The number of hydrogen-bond acceptors (Lipinski definition) is 11. The van der Waals surface area contributed by atoms with Gasteiger partial charge < -0.3 is 31.2 Å². The number of nitrogen functional groups attached to an aromatic ring is 2. The van der Waals surface area contributed by atoms with Gasteiger partial charge in [-0.25, -0.2) is 24.4 Å². The van der Waals surface area contributed by atoms with Crippen LogP contribution in [-0.4, -0.2) is 57.0 Å². The van der Waals surface area contributed by atoms with Gasteiger partial charge in [-0.05, 0) is 29.8 Å². The number of para-hydroxylation sites is 1. The Bertz CT molecular complexity index is 1550. The van der Waals surface area contributed by atoms with E-state index in [-0.39, 0.29) is 12.6 Å². The summed E-state index contributed by atoms with van der Waals surface area (Å²) in [7, 11) is 0. The quantitative estimate of drug-likeness (QED) is 0.133. The van der Waals surface area contributed by atoms with Crippen LogP contribution < -0.4 is 16.2 Å². The molecule has 0 aliphatic carbocycles. The average molecular weight is 681 g/mol. The molecule has 4 aromatic rings. The first kappa shape index (κ1) is 36.3. The largest absolute Gasteiger partial charge is 0.490 e. The molecule has 2 heterocycles. The van der Waals surface area contributed by atoms with E-state index in [4.69, 9.17) is 40.7 Å². The molecule has 0 bridgehead atoms. The first-order chi connectivity index (χ1) is 21.0. The van der Waals surface area contributed by atoms with E-state index in [1.165, 1.54) is 22.7 Å². The van der Waals surface area contributed by atoms with Gasteiger partial charge in [-0.2, -0.15) is 26.3 Å². The lowest BCUT2D eigenvalue weighted by Gasteiger charge is -2.10. The highest BCUT2D eigenvalue weighted by atomic mass is 32.1. The summed E-state index contributed by atoms with van der Waals surface area (Å²) in [5.74, 6) is -5.17. The van der Waals surface area contributed by atoms with Crippen molar-refractivity contribution in [3.05, 3.63) is 76.1 Å². The number of halogens is 6. The molecular weight excluding hydrogens is 658 g/mol. The van der Waals surface area contributed by atoms with Crippen molar-refractivity contribution in [1.82, 2.24) is 9.97 Å². The Morgan fingerprint density at radius 2 is 1.33 bits per heavy atom. The number of benzene rings is 2. The third-order valence-electron chi connectivity index (χ3n) is 4.91. The van der Waals surface area contributed by atoms with E-state index < -0.39 is 24.3 Å². The van der Waals surface area contributed by atoms with Crippen molar-refractivity contribution >= 4 is 50.8 Å². The van der Waals surface area contributed by atoms with Crippen LogP contribution >= 0.6 is 22.7 Å². The number of carbonyl (C=O) groups excluding carboxylic acids is 1. The summed E-state index contributed by atoms with van der Waals surface area (Å²) in [5.41, 5.74) is 15.3. The van der Waals surface area contributed by atoms with E-state index in [9.17, 15) is 31.1 Å². The number of hydrogen-bond donors (Lipinski definition) is 4. The second-order valence-corrected chi connectivity index (χ2v) is 10.0. The van der Waals surface area contributed by atoms with Gasteiger partial charge in [0.05, 0.1) is 23.6 Å². The molecule has 0 fully saturated rings. The molecule has 0 unspecified atom stereocenters. The summed E-state index contributed by atoms with van der Waals surface area (Å²) >= 11 is 2.76. The highest BCUT2D eigenvalue weighted by Gasteiger charge is 2.38. The minimum Gasteiger partial charge on any atom is -0.488 e. The normalized spacial score (nSPS) is 10.9. The molecule has 0 saturated heterocycles. The molecule has 0 atom stereocenters. The predicted molar refractivity (Wildman–Crippen MR) is 151 cm³/mol. The number of thiazole rings is 2. The maximum Gasteiger partial charge on any atom is 0.490 e. The number of carbonyl (C=O) groups is 3. The van der Waals surface area contributed by atoms with Crippen LogP contribution in [0, 0.1) is 0 Å². The number of esters is 1. The van der Waals surface area contributed by atoms with Crippen LogP contribution in [0.3, 0.4) is 0 Å². The molecule has 0 aliphatic heterocycles. The number of aliphatic carboxylic acids is 2. The number of anilines is 2. The summed E-state index contributed by atoms with van der Waals surface area (Å²) in [6.07, 6.45) is -9.63. The topological polar surface area (TPSA) is 188 Å². The summed E-state index contributed by atoms with van der Waals surface area (Å²) < 4.78 is 74.8. The fraction of sp³-hybridized carbons (Fsp3) is 0.192. The maximum atomic E-state index is 12.2. The van der Waals surface area contributed by atoms with Crippen molar-refractivity contribution in [2.45, 2.75) is 25.4 Å². The molecule has 0 spiro atoms. The SMILES string of the molecule is Nc1nc(CCOC(=O)c2ccc(COc3ccccc3-c3csc(N)n3)cc2)cs1.O=C(O)C(F)(F)F.O=C(O)C(F)(F)F. The van der Waals surface area contributed by atoms with Gasteiger partial charge in [-0.15, -0.1) is 22.7 Å². The third-order valence-corrected chi connectivity index (χ3v) is 6.31. The summed E-state index contributed by atoms with van der Waals surface area (Å²) in [4.78, 5) is 38.5. The molecule has 0 saturated carbocycles. The number of ether oxygens (including phenoxy) is 2. The molecule has 242 valence electrons. The lowest BCUT2D eigenvalue weighted by atomic mass is 10.1. The van der Waals surface area contributed by atoms with E-state index >= 15 is 0 Å². The standard InChI is InChI=1S/C22H20N4O3S2.2C2HF3O2/c23-21-25-16(12-30-21)9-10-28-20(27)15-7-5-14(6-8-15)11-29-19-4-2-1-3-17(19)18-13-31-22(24)26-18;2*3-2(4,5)1(6)7/h1-8,12-13H,9-11H2,(H2,23,25)(H2,24,26);2*(H,6,7). The van der Waals surface area contributed by atoms with Gasteiger partial charge >= 0.3 is 30.3 Å². The van der Waals surface area contributed by atoms with Gasteiger partial charge in [0.25, 0.3) is 0 Å². The lowest BCUT2D eigenvalue weighted by Crippen LogP contribution is -2.21. The Labute approximate surface area is 257 Å². The van der Waals surface area contributed by atoms with Crippen molar-refractivity contribution in [3.8, 4) is 17.0 Å². The van der Waals surface area contributed by atoms with Gasteiger partial charge in [0.2, 0.25) is 0 Å². The highest BCUT2D eigenvalue weighted by Crippen LogP contribution is 2.31. The van der Waals surface area contributed by atoms with Gasteiger partial charge in [-0.3, -0.25) is 0 Å². The molecule has 0 amide bonds. The van der Waals surface area contributed by atoms with E-state index in [0.717, 1.165) is 28.3 Å². The van der Waals surface area contributed by atoms with E-state index in [2.05, 4.69) is 9.97 Å². The van der Waals surface area contributed by atoms with E-state index in [1.807, 2.05) is 47.2 Å². The zero-order valence-corrected chi connectivity index (χ0v) is 24.1. The minimum atomic E-state index is -5.08. The first-order valence-corrected chi connectivity index (χ1v) is 13.7. The van der Waals surface area contributed by atoms with Crippen LogP contribution in [-0.2, 0) is 27.4 Å². The van der Waals surface area contributed by atoms with Gasteiger partial charge in [-0.1, -0.05) is 24.3 Å². The van der Waals surface area contributed by atoms with Crippen LogP contribution in [0.15, 0.2) is 59.3 Å². The minimum absolute atomic E-state index is 0.255. The first-order valence-electron chi connectivity index (χ1n) is 12.0. The highest BCUT2D eigenvalue weighted by molar-refractivity contribution is 7.14. The van der Waals surface area contributed by atoms with E-state index in [0.29, 0.717) is 28.9 Å². The molecule has 0 aliphatic rings. The molecule has 4 rings (SSSR count). The molecule has 6 N–H and O–H groups in total. The second kappa shape index (κ2) is 16.2. The zero-order valence-electron chi connectivity index (χ0n) is 22.5. The van der Waals surface area contributed by atoms with Gasteiger partial charge in [0.15, 0.2) is 10.3 Å². The molecule has 11 nitrogen and oxygen atoms in total. The summed E-state index contributed by atoms with van der Waals surface area (Å²) in [6, 6.07) is 14.8. The predicted octanol–water partition coefficient (Wildman–Crippen LogP) is 5.68. The Hall–Kier alpha value is -4.91.